The Kier molecular flexibility index (Phi) is 3.85. The molecule has 0 spiro atoms. The van der Waals surface area contributed by atoms with Crippen LogP contribution < -0.4 is 0 Å². The van der Waals surface area contributed by atoms with Gasteiger partial charge in [0.1, 0.15) is 4.75 Å². The average molecular weight is 302 g/mol. The van der Waals surface area contributed by atoms with Gasteiger partial charge in [-0.25, -0.2) is 0 Å². The Morgan fingerprint density at radius 3 is 2.40 bits per heavy atom. The van der Waals surface area contributed by atoms with Crippen molar-refractivity contribution in [1.82, 2.24) is 0 Å². The van der Waals surface area contributed by atoms with Gasteiger partial charge in [0, 0.05) is 5.92 Å². The lowest BCUT2D eigenvalue weighted by Crippen LogP contribution is -2.44. The quantitative estimate of drug-likeness (QED) is 0.607. The molecular formula is C15H26O4S. The van der Waals surface area contributed by atoms with Crippen LogP contribution in [0.25, 0.3) is 0 Å². The zero-order chi connectivity index (χ0) is 15.3. The summed E-state index contributed by atoms with van der Waals surface area (Å²) in [5.41, 5.74) is 0.315. The second-order valence-corrected chi connectivity index (χ2v) is 9.09. The van der Waals surface area contributed by atoms with Gasteiger partial charge in [-0.1, -0.05) is 25.5 Å². The Hall–Kier alpha value is -0.390. The predicted octanol–water partition coefficient (Wildman–Crippen LogP) is 2.79. The summed E-state index contributed by atoms with van der Waals surface area (Å²) in [6.07, 6.45) is 4.51. The maximum Gasteiger partial charge on any atom is 0.270 e. The van der Waals surface area contributed by atoms with E-state index in [-0.39, 0.29) is 11.8 Å². The van der Waals surface area contributed by atoms with Crippen LogP contribution in [0.15, 0.2) is 11.6 Å². The fourth-order valence-electron chi connectivity index (χ4n) is 3.88. The highest BCUT2D eigenvalue weighted by Gasteiger charge is 2.57. The molecule has 0 saturated heterocycles. The van der Waals surface area contributed by atoms with E-state index in [0.29, 0.717) is 25.2 Å². The summed E-state index contributed by atoms with van der Waals surface area (Å²) in [6.45, 7) is 7.58. The normalized spacial score (nSPS) is 42.2. The summed E-state index contributed by atoms with van der Waals surface area (Å²) >= 11 is 0. The summed E-state index contributed by atoms with van der Waals surface area (Å²) in [7, 11) is -4.14. The lowest BCUT2D eigenvalue weighted by molar-refractivity contribution is -0.0161. The third-order valence-electron chi connectivity index (χ3n) is 5.53. The molecule has 4 nitrogen and oxygen atoms in total. The van der Waals surface area contributed by atoms with Crippen LogP contribution in [0, 0.1) is 17.8 Å². The summed E-state index contributed by atoms with van der Waals surface area (Å²) in [5.74, 6) is -0.0890. The molecule has 2 aliphatic carbocycles. The first kappa shape index (κ1) is 16.0. The van der Waals surface area contributed by atoms with Gasteiger partial charge in [-0.2, -0.15) is 8.42 Å². The molecule has 2 aliphatic rings. The summed E-state index contributed by atoms with van der Waals surface area (Å²) < 4.78 is 32.2. The molecule has 0 radical (unpaired) electrons. The minimum absolute atomic E-state index is 0.106. The van der Waals surface area contributed by atoms with E-state index < -0.39 is 20.5 Å². The standard InChI is InChI=1S/C15H26O4S/c1-10(2)11-5-7-14(3,16)12-6-8-15(4,13(12)9-11)20(17,18)19/h9-10,12-13,16H,5-8H2,1-4H3,(H,17,18,19)/t12-,13+,14-,15+/m1/s1. The molecule has 1 fully saturated rings. The number of aliphatic hydroxyl groups is 1. The second-order valence-electron chi connectivity index (χ2n) is 7.21. The zero-order valence-corrected chi connectivity index (χ0v) is 13.6. The Morgan fingerprint density at radius 2 is 1.90 bits per heavy atom. The maximum absolute atomic E-state index is 11.9. The fraction of sp³-hybridized carbons (Fsp3) is 0.867. The van der Waals surface area contributed by atoms with E-state index in [0.717, 1.165) is 6.42 Å². The minimum Gasteiger partial charge on any atom is -0.390 e. The number of allylic oxidation sites excluding steroid dienone is 2. The molecule has 0 bridgehead atoms. The van der Waals surface area contributed by atoms with Gasteiger partial charge in [0.2, 0.25) is 0 Å². The monoisotopic (exact) mass is 302 g/mol. The van der Waals surface area contributed by atoms with Crippen LogP contribution in [0.5, 0.6) is 0 Å². The Morgan fingerprint density at radius 1 is 1.30 bits per heavy atom. The van der Waals surface area contributed by atoms with Crippen LogP contribution in [0.1, 0.15) is 53.4 Å². The van der Waals surface area contributed by atoms with Crippen molar-refractivity contribution in [3.05, 3.63) is 11.6 Å². The van der Waals surface area contributed by atoms with E-state index in [1.807, 2.05) is 6.08 Å². The Bertz CT molecular complexity index is 518. The van der Waals surface area contributed by atoms with Crippen molar-refractivity contribution in [2.24, 2.45) is 17.8 Å². The summed E-state index contributed by atoms with van der Waals surface area (Å²) in [4.78, 5) is 0. The van der Waals surface area contributed by atoms with Gasteiger partial charge in [-0.3, -0.25) is 4.55 Å². The van der Waals surface area contributed by atoms with E-state index >= 15 is 0 Å². The topological polar surface area (TPSA) is 74.6 Å². The van der Waals surface area contributed by atoms with Crippen LogP contribution in [-0.4, -0.2) is 28.4 Å². The van der Waals surface area contributed by atoms with Gasteiger partial charge < -0.3 is 5.11 Å². The van der Waals surface area contributed by atoms with Crippen molar-refractivity contribution in [3.8, 4) is 0 Å². The van der Waals surface area contributed by atoms with Crippen molar-refractivity contribution in [2.75, 3.05) is 0 Å². The number of hydrogen-bond acceptors (Lipinski definition) is 3. The van der Waals surface area contributed by atoms with E-state index in [1.54, 1.807) is 13.8 Å². The highest BCUT2D eigenvalue weighted by molar-refractivity contribution is 7.87. The lowest BCUT2D eigenvalue weighted by atomic mass is 9.78. The van der Waals surface area contributed by atoms with Crippen molar-refractivity contribution >= 4 is 10.1 Å². The highest BCUT2D eigenvalue weighted by Crippen LogP contribution is 2.53. The van der Waals surface area contributed by atoms with Crippen molar-refractivity contribution in [3.63, 3.8) is 0 Å². The van der Waals surface area contributed by atoms with Gasteiger partial charge in [-0.15, -0.1) is 0 Å². The molecule has 5 heteroatoms. The van der Waals surface area contributed by atoms with E-state index in [9.17, 15) is 18.1 Å². The first-order valence-electron chi connectivity index (χ1n) is 7.39. The first-order valence-corrected chi connectivity index (χ1v) is 8.83. The summed E-state index contributed by atoms with van der Waals surface area (Å²) in [5, 5.41) is 10.7. The molecule has 0 aromatic carbocycles. The van der Waals surface area contributed by atoms with E-state index in [4.69, 9.17) is 0 Å². The average Bonchev–Trinajstić information content (AvgIpc) is 2.55. The molecule has 0 heterocycles. The van der Waals surface area contributed by atoms with Crippen LogP contribution in [0.2, 0.25) is 0 Å². The summed E-state index contributed by atoms with van der Waals surface area (Å²) in [6, 6.07) is 0. The SMILES string of the molecule is CC(C)C1=C[C@H]2[C@@H](CC[C@]2(C)S(=O)(=O)O)[C@](C)(O)CC1. The number of rotatable bonds is 2. The van der Waals surface area contributed by atoms with Crippen molar-refractivity contribution < 1.29 is 18.1 Å². The van der Waals surface area contributed by atoms with Crippen LogP contribution in [0.4, 0.5) is 0 Å². The third-order valence-corrected chi connectivity index (χ3v) is 7.19. The first-order chi connectivity index (χ1) is 8.99. The lowest BCUT2D eigenvalue weighted by Gasteiger charge is -2.35. The van der Waals surface area contributed by atoms with Gasteiger partial charge in [0.15, 0.2) is 0 Å². The molecule has 2 N–H and O–H groups in total. The van der Waals surface area contributed by atoms with Crippen LogP contribution in [0.3, 0.4) is 0 Å². The highest BCUT2D eigenvalue weighted by atomic mass is 32.2. The Labute approximate surface area is 122 Å². The maximum atomic E-state index is 11.9. The molecule has 116 valence electrons. The number of fused-ring (bicyclic) bond motifs is 1. The molecule has 0 amide bonds. The van der Waals surface area contributed by atoms with Gasteiger partial charge in [0.05, 0.1) is 5.60 Å². The van der Waals surface area contributed by atoms with Crippen LogP contribution >= 0.6 is 0 Å². The molecule has 2 rings (SSSR count). The third kappa shape index (κ3) is 2.44. The number of hydrogen-bond donors (Lipinski definition) is 2. The van der Waals surface area contributed by atoms with Crippen molar-refractivity contribution in [2.45, 2.75) is 63.7 Å². The predicted molar refractivity (Wildman–Crippen MR) is 78.9 cm³/mol. The van der Waals surface area contributed by atoms with E-state index in [2.05, 4.69) is 13.8 Å². The van der Waals surface area contributed by atoms with Gasteiger partial charge in [0.25, 0.3) is 10.1 Å². The van der Waals surface area contributed by atoms with Gasteiger partial charge >= 0.3 is 0 Å². The second kappa shape index (κ2) is 4.82. The molecule has 0 aliphatic heterocycles. The zero-order valence-electron chi connectivity index (χ0n) is 12.8. The Balaban J connectivity index is 2.53. The van der Waals surface area contributed by atoms with Gasteiger partial charge in [-0.05, 0) is 51.4 Å². The molecule has 0 unspecified atom stereocenters. The smallest absolute Gasteiger partial charge is 0.270 e. The molecular weight excluding hydrogens is 276 g/mol. The van der Waals surface area contributed by atoms with E-state index in [1.165, 1.54) is 5.57 Å². The molecule has 0 aromatic heterocycles. The molecule has 0 aromatic rings. The molecule has 4 atom stereocenters. The minimum atomic E-state index is -4.14. The molecule has 1 saturated carbocycles. The van der Waals surface area contributed by atoms with Crippen LogP contribution in [-0.2, 0) is 10.1 Å². The fourth-order valence-corrected chi connectivity index (χ4v) is 4.84. The molecule has 20 heavy (non-hydrogen) atoms. The largest absolute Gasteiger partial charge is 0.390 e. The van der Waals surface area contributed by atoms with Crippen molar-refractivity contribution in [1.29, 1.82) is 0 Å².